The number of carbonyl (C=O) groups excluding carboxylic acids is 1. The van der Waals surface area contributed by atoms with Crippen LogP contribution in [-0.2, 0) is 11.2 Å². The summed E-state index contributed by atoms with van der Waals surface area (Å²) in [4.78, 5) is 14.0. The first-order valence-corrected chi connectivity index (χ1v) is 10.3. The van der Waals surface area contributed by atoms with E-state index in [2.05, 4.69) is 34.6 Å². The van der Waals surface area contributed by atoms with Crippen LogP contribution in [0.1, 0.15) is 18.4 Å². The van der Waals surface area contributed by atoms with E-state index in [1.807, 2.05) is 12.1 Å². The number of benzene rings is 2. The number of amides is 1. The van der Waals surface area contributed by atoms with Crippen molar-refractivity contribution in [3.05, 3.63) is 65.8 Å². The molecule has 5 nitrogen and oxygen atoms in total. The Hall–Kier alpha value is -2.32. The van der Waals surface area contributed by atoms with E-state index in [-0.39, 0.29) is 23.5 Å². The number of nitrogens with one attached hydrogen (secondary N) is 1. The molecule has 1 aromatic heterocycles. The minimum absolute atomic E-state index is 0.0767. The van der Waals surface area contributed by atoms with E-state index in [0.717, 1.165) is 16.2 Å². The highest BCUT2D eigenvalue weighted by Gasteiger charge is 2.11. The first-order valence-electron chi connectivity index (χ1n) is 8.34. The molecule has 3 rings (SSSR count). The second-order valence-electron chi connectivity index (χ2n) is 5.55. The van der Waals surface area contributed by atoms with Crippen molar-refractivity contribution < 1.29 is 13.6 Å². The molecule has 2 aromatic carbocycles. The molecule has 0 aliphatic heterocycles. The second-order valence-corrected chi connectivity index (χ2v) is 7.93. The van der Waals surface area contributed by atoms with Gasteiger partial charge in [-0.2, -0.15) is 0 Å². The van der Waals surface area contributed by atoms with Crippen LogP contribution < -0.4 is 5.32 Å². The predicted octanol–water partition coefficient (Wildman–Crippen LogP) is 4.64. The molecule has 0 radical (unpaired) electrons. The molecule has 1 heterocycles. The molecule has 1 N–H and O–H groups in total. The van der Waals surface area contributed by atoms with Crippen LogP contribution in [-0.4, -0.2) is 27.6 Å². The third kappa shape index (κ3) is 6.11. The van der Waals surface area contributed by atoms with Crippen LogP contribution >= 0.6 is 23.5 Å². The summed E-state index contributed by atoms with van der Waals surface area (Å²) < 4.78 is 18.4. The minimum atomic E-state index is -0.305. The van der Waals surface area contributed by atoms with Gasteiger partial charge in [-0.3, -0.25) is 10.1 Å². The molecule has 0 unspecified atom stereocenters. The summed E-state index contributed by atoms with van der Waals surface area (Å²) in [6.07, 6.45) is 0.504. The van der Waals surface area contributed by atoms with Gasteiger partial charge in [-0.25, -0.2) is 4.39 Å². The summed E-state index contributed by atoms with van der Waals surface area (Å²) in [6, 6.07) is 14.2. The molecule has 0 aliphatic rings. The number of rotatable bonds is 8. The number of halogens is 1. The second kappa shape index (κ2) is 9.57. The fourth-order valence-corrected chi connectivity index (χ4v) is 3.62. The van der Waals surface area contributed by atoms with Crippen LogP contribution in [0.25, 0.3) is 0 Å². The van der Waals surface area contributed by atoms with Gasteiger partial charge in [0.15, 0.2) is 0 Å². The molecule has 0 bridgehead atoms. The summed E-state index contributed by atoms with van der Waals surface area (Å²) >= 11 is 3.09. The lowest BCUT2D eigenvalue weighted by Crippen LogP contribution is -2.14. The zero-order valence-electron chi connectivity index (χ0n) is 14.6. The molecular weight excluding hydrogens is 385 g/mol. The van der Waals surface area contributed by atoms with Crippen molar-refractivity contribution in [3.8, 4) is 0 Å². The van der Waals surface area contributed by atoms with Gasteiger partial charge in [0.2, 0.25) is 11.8 Å². The normalized spacial score (nSPS) is 10.7. The molecule has 140 valence electrons. The van der Waals surface area contributed by atoms with E-state index < -0.39 is 0 Å². The van der Waals surface area contributed by atoms with Gasteiger partial charge in [-0.1, -0.05) is 24.2 Å². The number of hydrogen-bond acceptors (Lipinski definition) is 6. The van der Waals surface area contributed by atoms with Gasteiger partial charge in [-0.15, -0.1) is 28.6 Å². The average molecular weight is 404 g/mol. The fourth-order valence-electron chi connectivity index (χ4n) is 2.26. The van der Waals surface area contributed by atoms with E-state index in [0.29, 0.717) is 12.3 Å². The average Bonchev–Trinajstić information content (AvgIpc) is 3.10. The molecule has 3 aromatic rings. The van der Waals surface area contributed by atoms with Crippen LogP contribution in [0.15, 0.2) is 62.7 Å². The maximum atomic E-state index is 12.9. The van der Waals surface area contributed by atoms with Crippen LogP contribution in [0.4, 0.5) is 10.4 Å². The largest absolute Gasteiger partial charge is 0.407 e. The minimum Gasteiger partial charge on any atom is -0.407 e. The molecule has 0 aliphatic carbocycles. The number of anilines is 1. The van der Waals surface area contributed by atoms with Gasteiger partial charge in [0.25, 0.3) is 0 Å². The number of nitrogens with zero attached hydrogens (tertiary/aromatic N) is 2. The van der Waals surface area contributed by atoms with Crippen molar-refractivity contribution >= 4 is 35.4 Å². The van der Waals surface area contributed by atoms with Gasteiger partial charge in [0, 0.05) is 9.79 Å². The Bertz CT molecular complexity index is 883. The zero-order chi connectivity index (χ0) is 19.1. The SMILES string of the molecule is CCSc1ccc(Cc2nnc(NC(=O)CSc3ccc(F)cc3)o2)cc1. The summed E-state index contributed by atoms with van der Waals surface area (Å²) in [5, 5.41) is 10.4. The number of thioether (sulfide) groups is 2. The maximum absolute atomic E-state index is 12.9. The topological polar surface area (TPSA) is 68.0 Å². The number of hydrogen-bond donors (Lipinski definition) is 1. The van der Waals surface area contributed by atoms with Crippen molar-refractivity contribution in [2.24, 2.45) is 0 Å². The Morgan fingerprint density at radius 1 is 1.04 bits per heavy atom. The summed E-state index contributed by atoms with van der Waals surface area (Å²) in [5.74, 6) is 1.07. The van der Waals surface area contributed by atoms with Crippen molar-refractivity contribution in [1.29, 1.82) is 0 Å². The van der Waals surface area contributed by atoms with Gasteiger partial charge in [0.05, 0.1) is 12.2 Å². The summed E-state index contributed by atoms with van der Waals surface area (Å²) in [5.41, 5.74) is 1.06. The van der Waals surface area contributed by atoms with E-state index in [1.165, 1.54) is 28.8 Å². The zero-order valence-corrected chi connectivity index (χ0v) is 16.3. The summed E-state index contributed by atoms with van der Waals surface area (Å²) in [6.45, 7) is 2.12. The van der Waals surface area contributed by atoms with E-state index in [1.54, 1.807) is 23.9 Å². The molecule has 1 amide bonds. The van der Waals surface area contributed by atoms with E-state index >= 15 is 0 Å². The predicted molar refractivity (Wildman–Crippen MR) is 106 cm³/mol. The smallest absolute Gasteiger partial charge is 0.322 e. The first kappa shape index (κ1) is 19.4. The van der Waals surface area contributed by atoms with Crippen LogP contribution in [0.5, 0.6) is 0 Å². The molecule has 0 saturated carbocycles. The highest BCUT2D eigenvalue weighted by Crippen LogP contribution is 2.20. The molecule has 8 heteroatoms. The Kier molecular flexibility index (Phi) is 6.89. The molecule has 0 fully saturated rings. The molecule has 27 heavy (non-hydrogen) atoms. The number of aromatic nitrogens is 2. The molecule has 0 atom stereocenters. The van der Waals surface area contributed by atoms with Gasteiger partial charge < -0.3 is 4.42 Å². The highest BCUT2D eigenvalue weighted by atomic mass is 32.2. The maximum Gasteiger partial charge on any atom is 0.322 e. The van der Waals surface area contributed by atoms with Gasteiger partial charge in [-0.05, 0) is 47.7 Å². The third-order valence-corrected chi connectivity index (χ3v) is 5.39. The van der Waals surface area contributed by atoms with Crippen LogP contribution in [0.3, 0.4) is 0 Å². The molecular formula is C19H18FN3O2S2. The quantitative estimate of drug-likeness (QED) is 0.553. The molecule has 0 spiro atoms. The van der Waals surface area contributed by atoms with Crippen molar-refractivity contribution in [1.82, 2.24) is 10.2 Å². The van der Waals surface area contributed by atoms with Gasteiger partial charge in [0.1, 0.15) is 5.82 Å². The lowest BCUT2D eigenvalue weighted by molar-refractivity contribution is -0.113. The van der Waals surface area contributed by atoms with E-state index in [9.17, 15) is 9.18 Å². The van der Waals surface area contributed by atoms with Crippen LogP contribution in [0, 0.1) is 5.82 Å². The van der Waals surface area contributed by atoms with Crippen LogP contribution in [0.2, 0.25) is 0 Å². The Labute approximate surface area is 165 Å². The summed E-state index contributed by atoms with van der Waals surface area (Å²) in [7, 11) is 0. The standard InChI is InChI=1S/C19H18FN3O2S2/c1-2-26-15-7-3-13(4-8-15)11-18-22-23-19(25-18)21-17(24)12-27-16-9-5-14(20)6-10-16/h3-10H,2,11-12H2,1H3,(H,21,23,24). The number of carbonyl (C=O) groups is 1. The van der Waals surface area contributed by atoms with Crippen molar-refractivity contribution in [2.45, 2.75) is 23.1 Å². The van der Waals surface area contributed by atoms with Gasteiger partial charge >= 0.3 is 6.01 Å². The lowest BCUT2D eigenvalue weighted by Gasteiger charge is -2.02. The van der Waals surface area contributed by atoms with E-state index in [4.69, 9.17) is 4.42 Å². The Balaban J connectivity index is 1.49. The monoisotopic (exact) mass is 403 g/mol. The Morgan fingerprint density at radius 2 is 1.70 bits per heavy atom. The molecule has 0 saturated heterocycles. The fraction of sp³-hybridized carbons (Fsp3) is 0.211. The highest BCUT2D eigenvalue weighted by molar-refractivity contribution is 8.00. The van der Waals surface area contributed by atoms with Crippen molar-refractivity contribution in [2.75, 3.05) is 16.8 Å². The third-order valence-electron chi connectivity index (χ3n) is 3.49. The first-order chi connectivity index (χ1) is 13.1. The lowest BCUT2D eigenvalue weighted by atomic mass is 10.1. The Morgan fingerprint density at radius 3 is 2.41 bits per heavy atom. The van der Waals surface area contributed by atoms with Crippen molar-refractivity contribution in [3.63, 3.8) is 0 Å².